The third-order valence-corrected chi connectivity index (χ3v) is 4.59. The molecule has 0 aliphatic heterocycles. The first kappa shape index (κ1) is 24.5. The Hall–Kier alpha value is -1.51. The molecule has 1 aromatic carbocycles. The molecule has 0 saturated carbocycles. The first-order valence-corrected chi connectivity index (χ1v) is 10.6. The van der Waals surface area contributed by atoms with E-state index in [9.17, 15) is 4.79 Å². The number of hydrogen-bond donors (Lipinski definition) is 2. The fourth-order valence-electron chi connectivity index (χ4n) is 2.92. The van der Waals surface area contributed by atoms with Crippen LogP contribution in [0.2, 0.25) is 0 Å². The van der Waals surface area contributed by atoms with Crippen molar-refractivity contribution in [3.63, 3.8) is 0 Å². The summed E-state index contributed by atoms with van der Waals surface area (Å²) in [5, 5.41) is 17.3. The Morgan fingerprint density at radius 3 is 1.31 bits per heavy atom. The summed E-state index contributed by atoms with van der Waals surface area (Å²) in [4.78, 5) is 10.3. The number of hydrogen-bond acceptors (Lipinski definition) is 2. The lowest BCUT2D eigenvalue weighted by atomic mass is 10.0. The van der Waals surface area contributed by atoms with Crippen LogP contribution >= 0.6 is 0 Å². The molecule has 0 bridgehead atoms. The quantitative estimate of drug-likeness (QED) is 0.334. The highest BCUT2D eigenvalue weighted by atomic mass is 16.4. The number of benzene rings is 1. The zero-order valence-corrected chi connectivity index (χ0v) is 17.0. The van der Waals surface area contributed by atoms with Gasteiger partial charge in [0, 0.05) is 0 Å². The number of phenols is 1. The van der Waals surface area contributed by atoms with Gasteiger partial charge in [0.15, 0.2) is 0 Å². The predicted molar refractivity (Wildman–Crippen MR) is 111 cm³/mol. The summed E-state index contributed by atoms with van der Waals surface area (Å²) in [5.74, 6) is -1.31. The van der Waals surface area contributed by atoms with Crippen LogP contribution in [0.25, 0.3) is 0 Å². The molecule has 0 aromatic heterocycles. The van der Waals surface area contributed by atoms with Crippen molar-refractivity contribution in [2.45, 2.75) is 104 Å². The number of unbranched alkanes of at least 4 members (excludes halogenated alkanes) is 13. The molecule has 0 fully saturated rings. The summed E-state index contributed by atoms with van der Waals surface area (Å²) in [7, 11) is 0. The fraction of sp³-hybridized carbons (Fsp3) is 0.696. The third kappa shape index (κ3) is 14.8. The van der Waals surface area contributed by atoms with Crippen LogP contribution in [0.3, 0.4) is 0 Å². The number of carbonyl (C=O) groups is 1. The summed E-state index contributed by atoms with van der Waals surface area (Å²) in [5.41, 5.74) is -0.0671. The van der Waals surface area contributed by atoms with Crippen LogP contribution in [0, 0.1) is 0 Å². The Balaban J connectivity index is 0.000000531. The first-order chi connectivity index (χ1) is 12.6. The van der Waals surface area contributed by atoms with E-state index >= 15 is 0 Å². The van der Waals surface area contributed by atoms with Crippen molar-refractivity contribution in [2.24, 2.45) is 0 Å². The largest absolute Gasteiger partial charge is 0.507 e. The van der Waals surface area contributed by atoms with Gasteiger partial charge in [-0.3, -0.25) is 0 Å². The minimum absolute atomic E-state index is 0.0671. The Bertz CT molecular complexity index is 429. The Morgan fingerprint density at radius 1 is 0.692 bits per heavy atom. The van der Waals surface area contributed by atoms with E-state index in [1.165, 1.54) is 102 Å². The minimum Gasteiger partial charge on any atom is -0.507 e. The van der Waals surface area contributed by atoms with Crippen LogP contribution in [0.4, 0.5) is 0 Å². The average molecular weight is 365 g/mol. The van der Waals surface area contributed by atoms with E-state index in [2.05, 4.69) is 13.8 Å². The molecule has 150 valence electrons. The van der Waals surface area contributed by atoms with E-state index < -0.39 is 5.97 Å². The van der Waals surface area contributed by atoms with Gasteiger partial charge in [-0.15, -0.1) is 0 Å². The highest BCUT2D eigenvalue weighted by Gasteiger charge is 2.05. The maximum atomic E-state index is 10.3. The van der Waals surface area contributed by atoms with Gasteiger partial charge in [0.1, 0.15) is 11.3 Å². The van der Waals surface area contributed by atoms with Crippen molar-refractivity contribution in [3.8, 4) is 5.75 Å². The molecule has 0 aliphatic carbocycles. The van der Waals surface area contributed by atoms with E-state index in [0.29, 0.717) is 0 Å². The molecule has 0 heterocycles. The molecule has 2 N–H and O–H groups in total. The topological polar surface area (TPSA) is 57.5 Å². The van der Waals surface area contributed by atoms with Crippen LogP contribution in [0.1, 0.15) is 114 Å². The highest BCUT2D eigenvalue weighted by Crippen LogP contribution is 2.14. The van der Waals surface area contributed by atoms with Gasteiger partial charge in [0.2, 0.25) is 0 Å². The lowest BCUT2D eigenvalue weighted by molar-refractivity contribution is 0.0693. The number of aromatic hydroxyl groups is 1. The Morgan fingerprint density at radius 2 is 1.04 bits per heavy atom. The summed E-state index contributed by atoms with van der Waals surface area (Å²) in [6.45, 7) is 4.58. The molecular weight excluding hydrogens is 324 g/mol. The van der Waals surface area contributed by atoms with Crippen molar-refractivity contribution in [1.29, 1.82) is 0 Å². The molecule has 0 spiro atoms. The molecule has 0 amide bonds. The molecule has 0 atom stereocenters. The fourth-order valence-corrected chi connectivity index (χ4v) is 2.92. The van der Waals surface area contributed by atoms with Gasteiger partial charge in [-0.2, -0.15) is 0 Å². The number of para-hydroxylation sites is 1. The SMILES string of the molecule is CCCCCCCCCCCCCCCC.O=C(O)c1ccccc1O. The lowest BCUT2D eigenvalue weighted by Gasteiger charge is -2.02. The summed E-state index contributed by atoms with van der Waals surface area (Å²) in [6, 6.07) is 5.81. The van der Waals surface area contributed by atoms with Crippen LogP contribution in [0.15, 0.2) is 24.3 Å². The van der Waals surface area contributed by atoms with Crippen molar-refractivity contribution >= 4 is 5.97 Å². The van der Waals surface area contributed by atoms with E-state index in [-0.39, 0.29) is 11.3 Å². The maximum absolute atomic E-state index is 10.3. The zero-order valence-electron chi connectivity index (χ0n) is 17.0. The normalized spacial score (nSPS) is 10.2. The maximum Gasteiger partial charge on any atom is 0.339 e. The van der Waals surface area contributed by atoms with Crippen molar-refractivity contribution in [1.82, 2.24) is 0 Å². The molecule has 26 heavy (non-hydrogen) atoms. The van der Waals surface area contributed by atoms with E-state index in [4.69, 9.17) is 10.2 Å². The predicted octanol–water partition coefficient (Wildman–Crippen LogP) is 7.58. The monoisotopic (exact) mass is 364 g/mol. The average Bonchev–Trinajstić information content (AvgIpc) is 2.63. The first-order valence-electron chi connectivity index (χ1n) is 10.6. The number of carboxylic acid groups (broad SMARTS) is 1. The molecule has 0 saturated heterocycles. The van der Waals surface area contributed by atoms with Gasteiger partial charge in [0.05, 0.1) is 0 Å². The lowest BCUT2D eigenvalue weighted by Crippen LogP contribution is -1.95. The molecule has 0 radical (unpaired) electrons. The van der Waals surface area contributed by atoms with Crippen molar-refractivity contribution < 1.29 is 15.0 Å². The molecule has 0 unspecified atom stereocenters. The third-order valence-electron chi connectivity index (χ3n) is 4.59. The highest BCUT2D eigenvalue weighted by molar-refractivity contribution is 5.90. The van der Waals surface area contributed by atoms with Crippen molar-refractivity contribution in [3.05, 3.63) is 29.8 Å². The smallest absolute Gasteiger partial charge is 0.339 e. The summed E-state index contributed by atoms with van der Waals surface area (Å²) < 4.78 is 0. The molecule has 0 aliphatic rings. The molecular formula is C23H40O3. The second-order valence-electron chi connectivity index (χ2n) is 7.06. The van der Waals surface area contributed by atoms with Gasteiger partial charge in [-0.1, -0.05) is 116 Å². The number of aromatic carboxylic acids is 1. The molecule has 1 rings (SSSR count). The van der Waals surface area contributed by atoms with Gasteiger partial charge in [-0.05, 0) is 12.1 Å². The van der Waals surface area contributed by atoms with Crippen LogP contribution in [-0.2, 0) is 0 Å². The van der Waals surface area contributed by atoms with Gasteiger partial charge in [-0.25, -0.2) is 4.79 Å². The molecule has 3 heteroatoms. The van der Waals surface area contributed by atoms with Crippen LogP contribution in [0.5, 0.6) is 5.75 Å². The molecule has 3 nitrogen and oxygen atoms in total. The second-order valence-corrected chi connectivity index (χ2v) is 7.06. The Kier molecular flexibility index (Phi) is 17.2. The number of rotatable bonds is 14. The van der Waals surface area contributed by atoms with Gasteiger partial charge < -0.3 is 10.2 Å². The molecule has 1 aromatic rings. The van der Waals surface area contributed by atoms with E-state index in [0.717, 1.165) is 0 Å². The zero-order chi connectivity index (χ0) is 19.5. The minimum atomic E-state index is -1.11. The van der Waals surface area contributed by atoms with Gasteiger partial charge in [0.25, 0.3) is 0 Å². The summed E-state index contributed by atoms with van der Waals surface area (Å²) >= 11 is 0. The van der Waals surface area contributed by atoms with Crippen molar-refractivity contribution in [2.75, 3.05) is 0 Å². The number of carboxylic acids is 1. The standard InChI is InChI=1S/C16H34.C7H6O3/c1-3-5-7-9-11-13-15-16-14-12-10-8-6-4-2;8-6-4-2-1-3-5(6)7(9)10/h3-16H2,1-2H3;1-4,8H,(H,9,10). The Labute approximate surface area is 160 Å². The van der Waals surface area contributed by atoms with E-state index in [1.807, 2.05) is 0 Å². The van der Waals surface area contributed by atoms with Crippen LogP contribution in [-0.4, -0.2) is 16.2 Å². The van der Waals surface area contributed by atoms with Crippen LogP contribution < -0.4 is 0 Å². The van der Waals surface area contributed by atoms with E-state index in [1.54, 1.807) is 12.1 Å². The second kappa shape index (κ2) is 18.3. The van der Waals surface area contributed by atoms with Gasteiger partial charge >= 0.3 is 5.97 Å². The summed E-state index contributed by atoms with van der Waals surface area (Å²) in [6.07, 6.45) is 20.4.